The quantitative estimate of drug-likeness (QED) is 0.456. The topological polar surface area (TPSA) is 0 Å². The molecular formula is C20H50S. The van der Waals surface area contributed by atoms with Crippen LogP contribution in [0.3, 0.4) is 0 Å². The van der Waals surface area contributed by atoms with Gasteiger partial charge in [-0.15, -0.1) is 11.8 Å². The van der Waals surface area contributed by atoms with Crippen molar-refractivity contribution in [2.45, 2.75) is 91.0 Å². The fourth-order valence-electron chi connectivity index (χ4n) is 0.358. The third kappa shape index (κ3) is 289. The molecule has 0 spiro atoms. The minimum absolute atomic E-state index is 0. The summed E-state index contributed by atoms with van der Waals surface area (Å²) < 4.78 is 0. The standard InChI is InChI=1S/C6H10.C4H8S.4C2H6.2CH4/c1-3-5-6-4-2;1-3-4-5-2;4*1-2;;/h3-6H,1-2H3;3-4H,1-2H3;4*1-2H3;2*1H4/b5-3-,6-4-;4-3-;;;;;;. The lowest BCUT2D eigenvalue weighted by molar-refractivity contribution is 1.50. The van der Waals surface area contributed by atoms with Crippen molar-refractivity contribution in [3.05, 3.63) is 35.8 Å². The zero-order valence-electron chi connectivity index (χ0n) is 15.9. The van der Waals surface area contributed by atoms with E-state index >= 15 is 0 Å². The Balaban J connectivity index is -0.0000000172. The van der Waals surface area contributed by atoms with Gasteiger partial charge >= 0.3 is 0 Å². The first-order chi connectivity index (χ1) is 9.33. The van der Waals surface area contributed by atoms with Gasteiger partial charge in [0.15, 0.2) is 0 Å². The predicted octanol–water partition coefficient (Wildman–Crippen LogP) is 9.40. The number of hydrogen-bond donors (Lipinski definition) is 0. The Bertz CT molecular complexity index is 112. The highest BCUT2D eigenvalue weighted by Gasteiger charge is 1.51. The van der Waals surface area contributed by atoms with Crippen LogP contribution in [0.15, 0.2) is 35.8 Å². The third-order valence-corrected chi connectivity index (χ3v) is 1.31. The van der Waals surface area contributed by atoms with Crippen molar-refractivity contribution in [1.82, 2.24) is 0 Å². The van der Waals surface area contributed by atoms with E-state index in [9.17, 15) is 0 Å². The van der Waals surface area contributed by atoms with Crippen LogP contribution in [0.1, 0.15) is 91.0 Å². The number of hydrogen-bond acceptors (Lipinski definition) is 1. The van der Waals surface area contributed by atoms with E-state index in [0.29, 0.717) is 0 Å². The monoisotopic (exact) mass is 322 g/mol. The first kappa shape index (κ1) is 49.9. The summed E-state index contributed by atoms with van der Waals surface area (Å²) in [4.78, 5) is 0. The summed E-state index contributed by atoms with van der Waals surface area (Å²) in [6.07, 6.45) is 12.1. The van der Waals surface area contributed by atoms with Crippen molar-refractivity contribution in [3.63, 3.8) is 0 Å². The van der Waals surface area contributed by atoms with Crippen LogP contribution in [0, 0.1) is 0 Å². The molecule has 0 amide bonds. The van der Waals surface area contributed by atoms with Gasteiger partial charge in [0.2, 0.25) is 0 Å². The second kappa shape index (κ2) is 156. The van der Waals surface area contributed by atoms with Gasteiger partial charge in [-0.05, 0) is 32.4 Å². The van der Waals surface area contributed by atoms with Crippen LogP contribution >= 0.6 is 11.8 Å². The number of rotatable bonds is 2. The van der Waals surface area contributed by atoms with Crippen molar-refractivity contribution >= 4 is 11.8 Å². The normalized spacial score (nSPS) is 6.86. The molecular weight excluding hydrogens is 272 g/mol. The lowest BCUT2D eigenvalue weighted by atomic mass is 10.5. The van der Waals surface area contributed by atoms with Crippen LogP contribution in [0.5, 0.6) is 0 Å². The zero-order chi connectivity index (χ0) is 16.9. The summed E-state index contributed by atoms with van der Waals surface area (Å²) in [6, 6.07) is 0. The molecule has 0 fully saturated rings. The maximum absolute atomic E-state index is 2.04. The first-order valence-electron chi connectivity index (χ1n) is 7.71. The SMILES string of the molecule is C.C.C/C=C\C=C/C.C/C=C\SC.CC.CC.CC.CC. The van der Waals surface area contributed by atoms with Crippen LogP contribution in [-0.4, -0.2) is 6.26 Å². The van der Waals surface area contributed by atoms with Crippen molar-refractivity contribution < 1.29 is 0 Å². The Morgan fingerprint density at radius 3 is 0.810 bits per heavy atom. The van der Waals surface area contributed by atoms with Gasteiger partial charge in [-0.2, -0.15) is 0 Å². The van der Waals surface area contributed by atoms with Gasteiger partial charge in [-0.1, -0.05) is 101 Å². The molecule has 0 N–H and O–H groups in total. The Kier molecular flexibility index (Phi) is 371. The van der Waals surface area contributed by atoms with Crippen LogP contribution in [0.2, 0.25) is 0 Å². The van der Waals surface area contributed by atoms with Crippen molar-refractivity contribution in [3.8, 4) is 0 Å². The maximum Gasteiger partial charge on any atom is -0.0142 e. The summed E-state index contributed by atoms with van der Waals surface area (Å²) in [6.45, 7) is 22.0. The first-order valence-corrected chi connectivity index (χ1v) is 9.00. The van der Waals surface area contributed by atoms with Gasteiger partial charge in [-0.25, -0.2) is 0 Å². The molecule has 0 aromatic carbocycles. The van der Waals surface area contributed by atoms with Crippen molar-refractivity contribution in [1.29, 1.82) is 0 Å². The zero-order valence-corrected chi connectivity index (χ0v) is 16.7. The second-order valence-electron chi connectivity index (χ2n) is 1.76. The van der Waals surface area contributed by atoms with E-state index in [-0.39, 0.29) is 14.9 Å². The molecule has 0 aromatic rings. The van der Waals surface area contributed by atoms with E-state index in [1.54, 1.807) is 11.8 Å². The molecule has 0 unspecified atom stereocenters. The molecule has 0 radical (unpaired) electrons. The van der Waals surface area contributed by atoms with E-state index in [4.69, 9.17) is 0 Å². The molecule has 21 heavy (non-hydrogen) atoms. The van der Waals surface area contributed by atoms with Gasteiger partial charge in [0.1, 0.15) is 0 Å². The largest absolute Gasteiger partial charge is 0.138 e. The van der Waals surface area contributed by atoms with E-state index in [1.807, 2.05) is 118 Å². The van der Waals surface area contributed by atoms with Crippen molar-refractivity contribution in [2.75, 3.05) is 6.26 Å². The lowest BCUT2D eigenvalue weighted by Gasteiger charge is -1.66. The summed E-state index contributed by atoms with van der Waals surface area (Å²) in [7, 11) is 0. The van der Waals surface area contributed by atoms with Gasteiger partial charge < -0.3 is 0 Å². The van der Waals surface area contributed by atoms with Crippen LogP contribution < -0.4 is 0 Å². The van der Waals surface area contributed by atoms with Gasteiger partial charge in [-0.3, -0.25) is 0 Å². The molecule has 0 bridgehead atoms. The van der Waals surface area contributed by atoms with E-state index in [0.717, 1.165) is 0 Å². The van der Waals surface area contributed by atoms with Gasteiger partial charge in [0.05, 0.1) is 0 Å². The van der Waals surface area contributed by atoms with E-state index in [1.165, 1.54) is 0 Å². The highest BCUT2D eigenvalue weighted by atomic mass is 32.2. The highest BCUT2D eigenvalue weighted by Crippen LogP contribution is 1.89. The molecule has 0 atom stereocenters. The van der Waals surface area contributed by atoms with Gasteiger partial charge in [0, 0.05) is 0 Å². The van der Waals surface area contributed by atoms with Crippen LogP contribution in [0.4, 0.5) is 0 Å². The molecule has 0 rings (SSSR count). The minimum atomic E-state index is 0. The minimum Gasteiger partial charge on any atom is -0.138 e. The van der Waals surface area contributed by atoms with Crippen molar-refractivity contribution in [2.24, 2.45) is 0 Å². The molecule has 0 aliphatic rings. The number of allylic oxidation sites excluding steroid dienone is 5. The molecule has 0 aliphatic carbocycles. The lowest BCUT2D eigenvalue weighted by Crippen LogP contribution is -1.40. The summed E-state index contributed by atoms with van der Waals surface area (Å²) in [5, 5.41) is 2.04. The molecule has 136 valence electrons. The Morgan fingerprint density at radius 1 is 0.524 bits per heavy atom. The average Bonchev–Trinajstić information content (AvgIpc) is 2.54. The third-order valence-electron chi connectivity index (χ3n) is 0.768. The summed E-state index contributed by atoms with van der Waals surface area (Å²) in [5.74, 6) is 0. The maximum atomic E-state index is 2.04. The summed E-state index contributed by atoms with van der Waals surface area (Å²) in [5.41, 5.74) is 0. The van der Waals surface area contributed by atoms with Crippen LogP contribution in [0.25, 0.3) is 0 Å². The fraction of sp³-hybridized carbons (Fsp3) is 0.700. The molecule has 0 saturated carbocycles. The van der Waals surface area contributed by atoms with Gasteiger partial charge in [0.25, 0.3) is 0 Å². The average molecular weight is 323 g/mol. The molecule has 0 nitrogen and oxygen atoms in total. The van der Waals surface area contributed by atoms with E-state index in [2.05, 4.69) is 0 Å². The fourth-order valence-corrected chi connectivity index (χ4v) is 0.630. The molecule has 1 heteroatoms. The predicted molar refractivity (Wildman–Crippen MR) is 117 cm³/mol. The molecule has 0 aliphatic heterocycles. The Morgan fingerprint density at radius 2 is 0.762 bits per heavy atom. The number of thioether (sulfide) groups is 1. The highest BCUT2D eigenvalue weighted by molar-refractivity contribution is 8.01. The smallest absolute Gasteiger partial charge is 0.0142 e. The van der Waals surface area contributed by atoms with Crippen LogP contribution in [-0.2, 0) is 0 Å². The molecule has 0 saturated heterocycles. The summed E-state index contributed by atoms with van der Waals surface area (Å²) >= 11 is 1.72. The second-order valence-corrected chi connectivity index (χ2v) is 2.50. The molecule has 0 aromatic heterocycles. The Hall–Kier alpha value is -0.430. The van der Waals surface area contributed by atoms with E-state index < -0.39 is 0 Å². The Labute approximate surface area is 145 Å². The molecule has 0 heterocycles.